The molecule has 4 nitrogen and oxygen atoms in total. The Bertz CT molecular complexity index is 471. The van der Waals surface area contributed by atoms with Gasteiger partial charge in [-0.3, -0.25) is 9.69 Å². The van der Waals surface area contributed by atoms with E-state index < -0.39 is 0 Å². The molecule has 0 aromatic heterocycles. The fraction of sp³-hybridized carbons (Fsp3) is 0.462. The number of amides is 1. The van der Waals surface area contributed by atoms with E-state index in [4.69, 9.17) is 11.6 Å². The van der Waals surface area contributed by atoms with E-state index in [9.17, 15) is 4.79 Å². The first-order chi connectivity index (χ1) is 8.72. The summed E-state index contributed by atoms with van der Waals surface area (Å²) in [4.78, 5) is 14.2. The molecule has 5 heteroatoms. The number of nitrogens with one attached hydrogen (secondary N) is 2. The summed E-state index contributed by atoms with van der Waals surface area (Å²) >= 11 is 5.97. The summed E-state index contributed by atoms with van der Waals surface area (Å²) in [6, 6.07) is 6.16. The minimum atomic E-state index is 0.0444. The highest BCUT2D eigenvalue weighted by atomic mass is 35.5. The standard InChI is InChI=1S/C13H16ClN3O/c14-10-2-1-9-7-17(11-3-4-15-6-11)8-13(18)16-12(9)5-10/h1-2,5,11,15H,3-4,6-8H2,(H,16,18)/t11-/m1/s1. The average Bonchev–Trinajstić information content (AvgIpc) is 2.80. The number of hydrogen-bond donors (Lipinski definition) is 2. The Labute approximate surface area is 111 Å². The Balaban J connectivity index is 1.88. The van der Waals surface area contributed by atoms with Gasteiger partial charge in [-0.15, -0.1) is 0 Å². The highest BCUT2D eigenvalue weighted by Crippen LogP contribution is 2.26. The van der Waals surface area contributed by atoms with E-state index in [2.05, 4.69) is 15.5 Å². The van der Waals surface area contributed by atoms with E-state index in [-0.39, 0.29) is 5.91 Å². The third kappa shape index (κ3) is 2.36. The number of halogens is 1. The summed E-state index contributed by atoms with van der Waals surface area (Å²) in [5.74, 6) is 0.0444. The van der Waals surface area contributed by atoms with Gasteiger partial charge in [0, 0.05) is 29.8 Å². The monoisotopic (exact) mass is 265 g/mol. The van der Waals surface area contributed by atoms with Crippen LogP contribution in [0, 0.1) is 0 Å². The fourth-order valence-corrected chi connectivity index (χ4v) is 2.83. The molecule has 1 atom stereocenters. The highest BCUT2D eigenvalue weighted by Gasteiger charge is 2.27. The first-order valence-electron chi connectivity index (χ1n) is 6.25. The molecule has 3 rings (SSSR count). The van der Waals surface area contributed by atoms with Gasteiger partial charge in [0.2, 0.25) is 5.91 Å². The van der Waals surface area contributed by atoms with Crippen molar-refractivity contribution in [3.8, 4) is 0 Å². The lowest BCUT2D eigenvalue weighted by Crippen LogP contribution is -2.39. The molecule has 2 aliphatic rings. The smallest absolute Gasteiger partial charge is 0.238 e. The van der Waals surface area contributed by atoms with Crippen molar-refractivity contribution < 1.29 is 4.79 Å². The Morgan fingerprint density at radius 2 is 2.22 bits per heavy atom. The second kappa shape index (κ2) is 4.88. The number of hydrogen-bond acceptors (Lipinski definition) is 3. The molecule has 0 radical (unpaired) electrons. The first kappa shape index (κ1) is 12.0. The number of carbonyl (C=O) groups excluding carboxylic acids is 1. The molecule has 1 aromatic rings. The van der Waals surface area contributed by atoms with E-state index in [1.165, 1.54) is 0 Å². The molecule has 2 heterocycles. The predicted octanol–water partition coefficient (Wildman–Crippen LogP) is 1.46. The number of rotatable bonds is 1. The molecule has 0 unspecified atom stereocenters. The van der Waals surface area contributed by atoms with Crippen LogP contribution >= 0.6 is 11.6 Å². The Morgan fingerprint density at radius 1 is 1.33 bits per heavy atom. The maximum Gasteiger partial charge on any atom is 0.238 e. The SMILES string of the molecule is O=C1CN([C@@H]2CCNC2)Cc2ccc(Cl)cc2N1. The minimum Gasteiger partial charge on any atom is -0.325 e. The van der Waals surface area contributed by atoms with Gasteiger partial charge >= 0.3 is 0 Å². The van der Waals surface area contributed by atoms with Gasteiger partial charge in [0.1, 0.15) is 0 Å². The Morgan fingerprint density at radius 3 is 3.00 bits per heavy atom. The van der Waals surface area contributed by atoms with Gasteiger partial charge in [-0.25, -0.2) is 0 Å². The van der Waals surface area contributed by atoms with Crippen LogP contribution in [0.5, 0.6) is 0 Å². The molecule has 1 amide bonds. The summed E-state index contributed by atoms with van der Waals surface area (Å²) in [5.41, 5.74) is 1.98. The van der Waals surface area contributed by atoms with Crippen LogP contribution in [0.4, 0.5) is 5.69 Å². The topological polar surface area (TPSA) is 44.4 Å². The molecule has 18 heavy (non-hydrogen) atoms. The van der Waals surface area contributed by atoms with Crippen molar-refractivity contribution in [1.29, 1.82) is 0 Å². The second-order valence-electron chi connectivity index (χ2n) is 4.90. The summed E-state index contributed by atoms with van der Waals surface area (Å²) in [6.45, 7) is 3.27. The Kier molecular flexibility index (Phi) is 3.24. The fourth-order valence-electron chi connectivity index (χ4n) is 2.66. The number of fused-ring (bicyclic) bond motifs is 1. The van der Waals surface area contributed by atoms with Gasteiger partial charge in [0.05, 0.1) is 6.54 Å². The third-order valence-electron chi connectivity index (χ3n) is 3.62. The largest absolute Gasteiger partial charge is 0.325 e. The summed E-state index contributed by atoms with van der Waals surface area (Å²) < 4.78 is 0. The zero-order valence-corrected chi connectivity index (χ0v) is 10.8. The number of carbonyl (C=O) groups is 1. The maximum absolute atomic E-state index is 11.9. The zero-order chi connectivity index (χ0) is 12.5. The number of benzene rings is 1. The van der Waals surface area contributed by atoms with E-state index in [0.717, 1.165) is 37.3 Å². The molecule has 0 bridgehead atoms. The molecule has 0 spiro atoms. The molecular weight excluding hydrogens is 250 g/mol. The second-order valence-corrected chi connectivity index (χ2v) is 5.34. The van der Waals surface area contributed by atoms with Crippen LogP contribution in [0.1, 0.15) is 12.0 Å². The van der Waals surface area contributed by atoms with Crippen molar-refractivity contribution in [2.75, 3.05) is 25.0 Å². The molecule has 1 saturated heterocycles. The molecule has 1 fully saturated rings. The molecule has 96 valence electrons. The van der Waals surface area contributed by atoms with Crippen molar-refractivity contribution in [3.63, 3.8) is 0 Å². The lowest BCUT2D eigenvalue weighted by Gasteiger charge is -2.25. The molecular formula is C13H16ClN3O. The first-order valence-corrected chi connectivity index (χ1v) is 6.63. The maximum atomic E-state index is 11.9. The average molecular weight is 266 g/mol. The number of anilines is 1. The third-order valence-corrected chi connectivity index (χ3v) is 3.85. The molecule has 0 aliphatic carbocycles. The lowest BCUT2D eigenvalue weighted by molar-refractivity contribution is -0.117. The van der Waals surface area contributed by atoms with Crippen LogP contribution in [0.2, 0.25) is 5.02 Å². The van der Waals surface area contributed by atoms with Crippen LogP contribution in [0.15, 0.2) is 18.2 Å². The normalized spacial score (nSPS) is 24.5. The van der Waals surface area contributed by atoms with Gasteiger partial charge < -0.3 is 10.6 Å². The zero-order valence-electron chi connectivity index (χ0n) is 10.1. The van der Waals surface area contributed by atoms with Gasteiger partial charge in [-0.05, 0) is 30.7 Å². The quantitative estimate of drug-likeness (QED) is 0.808. The summed E-state index contributed by atoms with van der Waals surface area (Å²) in [7, 11) is 0. The molecule has 2 aliphatic heterocycles. The summed E-state index contributed by atoms with van der Waals surface area (Å²) in [5, 5.41) is 6.93. The van der Waals surface area contributed by atoms with Crippen LogP contribution in [0.25, 0.3) is 0 Å². The van der Waals surface area contributed by atoms with Crippen LogP contribution in [0.3, 0.4) is 0 Å². The minimum absolute atomic E-state index is 0.0444. The van der Waals surface area contributed by atoms with Crippen molar-refractivity contribution in [1.82, 2.24) is 10.2 Å². The van der Waals surface area contributed by atoms with E-state index in [1.54, 1.807) is 0 Å². The van der Waals surface area contributed by atoms with E-state index in [0.29, 0.717) is 17.6 Å². The van der Waals surface area contributed by atoms with E-state index >= 15 is 0 Å². The van der Waals surface area contributed by atoms with Crippen LogP contribution < -0.4 is 10.6 Å². The van der Waals surface area contributed by atoms with Crippen molar-refractivity contribution in [2.24, 2.45) is 0 Å². The summed E-state index contributed by atoms with van der Waals surface area (Å²) in [6.07, 6.45) is 1.11. The van der Waals surface area contributed by atoms with Crippen molar-refractivity contribution in [3.05, 3.63) is 28.8 Å². The number of nitrogens with zero attached hydrogens (tertiary/aromatic N) is 1. The van der Waals surface area contributed by atoms with Gasteiger partial charge in [-0.1, -0.05) is 17.7 Å². The highest BCUT2D eigenvalue weighted by molar-refractivity contribution is 6.31. The van der Waals surface area contributed by atoms with Crippen LogP contribution in [-0.4, -0.2) is 36.5 Å². The van der Waals surface area contributed by atoms with Gasteiger partial charge in [0.15, 0.2) is 0 Å². The molecule has 2 N–H and O–H groups in total. The van der Waals surface area contributed by atoms with Gasteiger partial charge in [0.25, 0.3) is 0 Å². The lowest BCUT2D eigenvalue weighted by atomic mass is 10.1. The van der Waals surface area contributed by atoms with Gasteiger partial charge in [-0.2, -0.15) is 0 Å². The van der Waals surface area contributed by atoms with Crippen molar-refractivity contribution >= 4 is 23.2 Å². The predicted molar refractivity (Wildman–Crippen MR) is 71.8 cm³/mol. The molecule has 1 aromatic carbocycles. The van der Waals surface area contributed by atoms with Crippen molar-refractivity contribution in [2.45, 2.75) is 19.0 Å². The van der Waals surface area contributed by atoms with E-state index in [1.807, 2.05) is 18.2 Å². The van der Waals surface area contributed by atoms with Crippen LogP contribution in [-0.2, 0) is 11.3 Å². The Hall–Kier alpha value is -1.10. The molecule has 0 saturated carbocycles.